The van der Waals surface area contributed by atoms with Gasteiger partial charge in [0.05, 0.1) is 11.4 Å². The molecule has 0 amide bonds. The SMILES string of the molecule is Cc1ccccc1N(C#CP(=O)(c1ccccc1)c1ccccc1)c1ccccc1. The molecule has 4 rings (SSSR count). The molecule has 0 radical (unpaired) electrons. The Morgan fingerprint density at radius 2 is 1.10 bits per heavy atom. The molecule has 3 heteroatoms. The number of benzene rings is 4. The molecule has 0 spiro atoms. The fourth-order valence-electron chi connectivity index (χ4n) is 3.33. The van der Waals surface area contributed by atoms with Gasteiger partial charge in [-0.05, 0) is 36.3 Å². The lowest BCUT2D eigenvalue weighted by Gasteiger charge is -2.21. The zero-order chi connectivity index (χ0) is 20.8. The first-order valence-electron chi connectivity index (χ1n) is 9.83. The molecule has 0 N–H and O–H groups in total. The van der Waals surface area contributed by atoms with Gasteiger partial charge in [-0.15, -0.1) is 0 Å². The standard InChI is InChI=1S/C27H22NOP/c1-23-13-11-12-20-27(23)28(24-14-5-2-6-15-24)21-22-30(29,25-16-7-3-8-17-25)26-18-9-4-10-19-26/h2-20H,1H3. The van der Waals surface area contributed by atoms with E-state index in [0.29, 0.717) is 0 Å². The number of nitrogens with zero attached hydrogens (tertiary/aromatic N) is 1. The van der Waals surface area contributed by atoms with Gasteiger partial charge in [-0.3, -0.25) is 9.46 Å². The van der Waals surface area contributed by atoms with Gasteiger partial charge in [0.2, 0.25) is 7.14 Å². The van der Waals surface area contributed by atoms with Crippen LogP contribution in [0.2, 0.25) is 0 Å². The molecule has 0 aliphatic rings. The third-order valence-corrected chi connectivity index (χ3v) is 7.40. The second-order valence-corrected chi connectivity index (χ2v) is 9.44. The molecule has 0 aromatic heterocycles. The molecule has 4 aromatic carbocycles. The molecule has 146 valence electrons. The third-order valence-electron chi connectivity index (χ3n) is 4.93. The van der Waals surface area contributed by atoms with E-state index in [1.165, 1.54) is 0 Å². The smallest absolute Gasteiger partial charge is 0.212 e. The highest BCUT2D eigenvalue weighted by molar-refractivity contribution is 7.83. The third kappa shape index (κ3) is 4.08. The predicted molar refractivity (Wildman–Crippen MR) is 127 cm³/mol. The average molecular weight is 407 g/mol. The van der Waals surface area contributed by atoms with Gasteiger partial charge in [0.15, 0.2) is 0 Å². The van der Waals surface area contributed by atoms with E-state index in [2.05, 4.69) is 24.7 Å². The van der Waals surface area contributed by atoms with Gasteiger partial charge >= 0.3 is 0 Å². The molecule has 2 nitrogen and oxygen atoms in total. The highest BCUT2D eigenvalue weighted by atomic mass is 31.2. The van der Waals surface area contributed by atoms with Gasteiger partial charge in [-0.25, -0.2) is 0 Å². The van der Waals surface area contributed by atoms with Crippen LogP contribution < -0.4 is 15.5 Å². The monoisotopic (exact) mass is 407 g/mol. The van der Waals surface area contributed by atoms with Crippen molar-refractivity contribution in [3.63, 3.8) is 0 Å². The van der Waals surface area contributed by atoms with Crippen LogP contribution >= 0.6 is 7.14 Å². The summed E-state index contributed by atoms with van der Waals surface area (Å²) >= 11 is 0. The van der Waals surface area contributed by atoms with Crippen LogP contribution in [0.4, 0.5) is 11.4 Å². The second kappa shape index (κ2) is 8.87. The fourth-order valence-corrected chi connectivity index (χ4v) is 5.31. The Morgan fingerprint density at radius 3 is 1.63 bits per heavy atom. The first-order valence-corrected chi connectivity index (χ1v) is 11.5. The molecule has 0 heterocycles. The molecule has 0 aliphatic heterocycles. The van der Waals surface area contributed by atoms with Crippen LogP contribution in [0.25, 0.3) is 0 Å². The molecule has 0 aliphatic carbocycles. The van der Waals surface area contributed by atoms with Crippen LogP contribution in [-0.2, 0) is 4.57 Å². The lowest BCUT2D eigenvalue weighted by Crippen LogP contribution is -2.16. The van der Waals surface area contributed by atoms with Crippen molar-refractivity contribution in [3.05, 3.63) is 121 Å². The minimum absolute atomic E-state index is 0.737. The molecular weight excluding hydrogens is 385 g/mol. The minimum Gasteiger partial charge on any atom is -0.300 e. The maximum Gasteiger partial charge on any atom is 0.212 e. The van der Waals surface area contributed by atoms with Gasteiger partial charge in [0, 0.05) is 16.7 Å². The van der Waals surface area contributed by atoms with Crippen LogP contribution in [0.15, 0.2) is 115 Å². The zero-order valence-electron chi connectivity index (χ0n) is 16.8. The van der Waals surface area contributed by atoms with Gasteiger partial charge in [-0.2, -0.15) is 0 Å². The number of aryl methyl sites for hydroxylation is 1. The summed E-state index contributed by atoms with van der Waals surface area (Å²) in [6.45, 7) is 2.06. The summed E-state index contributed by atoms with van der Waals surface area (Å²) in [4.78, 5) is 1.92. The fraction of sp³-hybridized carbons (Fsp3) is 0.0370. The molecule has 0 unspecified atom stereocenters. The molecule has 4 aromatic rings. The number of para-hydroxylation sites is 2. The molecule has 30 heavy (non-hydrogen) atoms. The summed E-state index contributed by atoms with van der Waals surface area (Å²) in [5.74, 6) is 0. The maximum absolute atomic E-state index is 14.3. The quantitative estimate of drug-likeness (QED) is 0.233. The van der Waals surface area contributed by atoms with Gasteiger partial charge in [-0.1, -0.05) is 97.1 Å². The van der Waals surface area contributed by atoms with Crippen molar-refractivity contribution in [1.82, 2.24) is 0 Å². The van der Waals surface area contributed by atoms with Crippen LogP contribution in [0.3, 0.4) is 0 Å². The van der Waals surface area contributed by atoms with Crippen molar-refractivity contribution in [1.29, 1.82) is 0 Å². The van der Waals surface area contributed by atoms with E-state index in [9.17, 15) is 4.57 Å². The van der Waals surface area contributed by atoms with Gasteiger partial charge < -0.3 is 0 Å². The molecule has 0 saturated heterocycles. The summed E-state index contributed by atoms with van der Waals surface area (Å²) < 4.78 is 14.3. The Bertz CT molecular complexity index is 1180. The predicted octanol–water partition coefficient (Wildman–Crippen LogP) is 6.07. The van der Waals surface area contributed by atoms with E-state index in [-0.39, 0.29) is 0 Å². The Kier molecular flexibility index (Phi) is 5.84. The van der Waals surface area contributed by atoms with Crippen LogP contribution in [0, 0.1) is 18.6 Å². The summed E-state index contributed by atoms with van der Waals surface area (Å²) in [7, 11) is -3.14. The molecule has 0 atom stereocenters. The van der Waals surface area contributed by atoms with E-state index in [1.807, 2.05) is 114 Å². The minimum atomic E-state index is -3.14. The summed E-state index contributed by atoms with van der Waals surface area (Å²) in [5.41, 5.74) is 6.20. The largest absolute Gasteiger partial charge is 0.300 e. The van der Waals surface area contributed by atoms with Crippen LogP contribution in [0.1, 0.15) is 5.56 Å². The summed E-state index contributed by atoms with van der Waals surface area (Å²) in [6.07, 6.45) is 0. The molecule has 0 fully saturated rings. The van der Waals surface area contributed by atoms with Crippen molar-refractivity contribution in [2.45, 2.75) is 6.92 Å². The Balaban J connectivity index is 1.89. The average Bonchev–Trinajstić information content (AvgIpc) is 2.82. The summed E-state index contributed by atoms with van der Waals surface area (Å²) in [5, 5.41) is 1.47. The van der Waals surface area contributed by atoms with Crippen LogP contribution in [0.5, 0.6) is 0 Å². The van der Waals surface area contributed by atoms with E-state index < -0.39 is 7.14 Å². The second-order valence-electron chi connectivity index (χ2n) is 6.96. The Labute approximate surface area is 178 Å². The number of anilines is 2. The van der Waals surface area contributed by atoms with Crippen molar-refractivity contribution in [2.75, 3.05) is 4.90 Å². The first kappa shape index (κ1) is 19.8. The molecular formula is C27H22NOP. The van der Waals surface area contributed by atoms with Crippen molar-refractivity contribution < 1.29 is 4.57 Å². The molecule has 0 saturated carbocycles. The lowest BCUT2D eigenvalue weighted by molar-refractivity contribution is 0.593. The number of hydrogen-bond donors (Lipinski definition) is 0. The lowest BCUT2D eigenvalue weighted by atomic mass is 10.1. The normalized spacial score (nSPS) is 10.7. The zero-order valence-corrected chi connectivity index (χ0v) is 17.7. The Hall–Kier alpha value is -3.53. The number of hydrogen-bond acceptors (Lipinski definition) is 2. The van der Waals surface area contributed by atoms with E-state index >= 15 is 0 Å². The molecule has 0 bridgehead atoms. The van der Waals surface area contributed by atoms with E-state index in [4.69, 9.17) is 0 Å². The Morgan fingerprint density at radius 1 is 0.633 bits per heavy atom. The highest BCUT2D eigenvalue weighted by Crippen LogP contribution is 2.42. The van der Waals surface area contributed by atoms with Crippen molar-refractivity contribution in [3.8, 4) is 11.7 Å². The topological polar surface area (TPSA) is 20.3 Å². The van der Waals surface area contributed by atoms with E-state index in [1.54, 1.807) is 0 Å². The summed E-state index contributed by atoms with van der Waals surface area (Å²) in [6, 6.07) is 40.4. The maximum atomic E-state index is 14.3. The van der Waals surface area contributed by atoms with Crippen molar-refractivity contribution in [2.24, 2.45) is 0 Å². The van der Waals surface area contributed by atoms with Crippen LogP contribution in [-0.4, -0.2) is 0 Å². The van der Waals surface area contributed by atoms with Gasteiger partial charge in [0.25, 0.3) is 0 Å². The van der Waals surface area contributed by atoms with Gasteiger partial charge in [0.1, 0.15) is 0 Å². The number of rotatable bonds is 4. The highest BCUT2D eigenvalue weighted by Gasteiger charge is 2.25. The first-order chi connectivity index (χ1) is 14.7. The van der Waals surface area contributed by atoms with E-state index in [0.717, 1.165) is 27.5 Å². The van der Waals surface area contributed by atoms with Crippen molar-refractivity contribution >= 4 is 29.1 Å².